The molecular weight excluding hydrogens is 398 g/mol. The van der Waals surface area contributed by atoms with Gasteiger partial charge in [-0.3, -0.25) is 9.59 Å². The number of ether oxygens (including phenoxy) is 1. The van der Waals surface area contributed by atoms with E-state index >= 15 is 0 Å². The van der Waals surface area contributed by atoms with Crippen LogP contribution in [0.25, 0.3) is 11.0 Å². The molecule has 4 aromatic rings. The van der Waals surface area contributed by atoms with E-state index in [0.29, 0.717) is 21.6 Å². The number of Topliss-reactive ketones (excluding diaryl/α,β-unsaturated/α-hetero) is 1. The Morgan fingerprint density at radius 3 is 2.69 bits per heavy atom. The van der Waals surface area contributed by atoms with Gasteiger partial charge in [-0.15, -0.1) is 11.3 Å². The van der Waals surface area contributed by atoms with Crippen molar-refractivity contribution in [2.45, 2.75) is 0 Å². The van der Waals surface area contributed by atoms with Crippen LogP contribution in [0.3, 0.4) is 0 Å². The van der Waals surface area contributed by atoms with Gasteiger partial charge >= 0.3 is 11.7 Å². The molecule has 0 radical (unpaired) electrons. The van der Waals surface area contributed by atoms with Crippen LogP contribution >= 0.6 is 11.3 Å². The zero-order chi connectivity index (χ0) is 20.4. The topological polar surface area (TPSA) is 134 Å². The third-order valence-corrected chi connectivity index (χ3v) is 4.94. The maximum atomic E-state index is 12.3. The smallest absolute Gasteiger partial charge is 0.348 e. The van der Waals surface area contributed by atoms with Crippen LogP contribution in [-0.2, 0) is 4.74 Å². The Bertz CT molecular complexity index is 1260. The van der Waals surface area contributed by atoms with Gasteiger partial charge in [-0.05, 0) is 42.5 Å². The molecule has 1 amide bonds. The first-order chi connectivity index (χ1) is 14.0. The Labute approximate surface area is 166 Å². The molecular formula is C19H13N3O6S. The Kier molecular flexibility index (Phi) is 4.83. The third kappa shape index (κ3) is 4.01. The van der Waals surface area contributed by atoms with Gasteiger partial charge in [0, 0.05) is 5.56 Å². The lowest BCUT2D eigenvalue weighted by Gasteiger charge is -2.03. The fraction of sp³-hybridized carbons (Fsp3) is 0.0526. The second kappa shape index (κ2) is 7.60. The number of benzene rings is 1. The van der Waals surface area contributed by atoms with Crippen LogP contribution in [-0.4, -0.2) is 34.2 Å². The van der Waals surface area contributed by atoms with Gasteiger partial charge in [0.2, 0.25) is 0 Å². The standard InChI is InChI=1S/C19H13N3O6S/c23-13(10-3-4-11-12(8-10)21-19(26)20-11)9-28-18(25)15-5-6-16(29-15)22-17(24)14-2-1-7-27-14/h1-8H,9H2,(H,22,24)(H2,20,21,26). The molecule has 0 saturated carbocycles. The average molecular weight is 411 g/mol. The van der Waals surface area contributed by atoms with E-state index in [2.05, 4.69) is 15.3 Å². The van der Waals surface area contributed by atoms with E-state index in [1.807, 2.05) is 0 Å². The SMILES string of the molecule is O=C(COC(=O)c1ccc(NC(=O)c2ccco2)s1)c1ccc2[nH]c(=O)[nH]c2c1. The predicted octanol–water partition coefficient (Wildman–Crippen LogP) is 2.80. The second-order valence-corrected chi connectivity index (χ2v) is 7.02. The van der Waals surface area contributed by atoms with Gasteiger partial charge in [-0.2, -0.15) is 0 Å². The molecule has 0 aliphatic carbocycles. The molecule has 3 aromatic heterocycles. The largest absolute Gasteiger partial charge is 0.459 e. The summed E-state index contributed by atoms with van der Waals surface area (Å²) < 4.78 is 10.1. The quantitative estimate of drug-likeness (QED) is 0.330. The van der Waals surface area contributed by atoms with E-state index in [1.165, 1.54) is 30.5 Å². The third-order valence-electron chi connectivity index (χ3n) is 3.96. The first-order valence-electron chi connectivity index (χ1n) is 8.36. The minimum atomic E-state index is -0.682. The summed E-state index contributed by atoms with van der Waals surface area (Å²) in [7, 11) is 0. The number of esters is 1. The monoisotopic (exact) mass is 411 g/mol. The lowest BCUT2D eigenvalue weighted by Crippen LogP contribution is -2.13. The number of H-pyrrole nitrogens is 2. The van der Waals surface area contributed by atoms with Crippen LogP contribution in [0.4, 0.5) is 5.00 Å². The van der Waals surface area contributed by atoms with Crippen LogP contribution in [0.2, 0.25) is 0 Å². The summed E-state index contributed by atoms with van der Waals surface area (Å²) >= 11 is 1.02. The molecule has 0 fully saturated rings. The number of amides is 1. The first-order valence-corrected chi connectivity index (χ1v) is 9.18. The fourth-order valence-corrected chi connectivity index (χ4v) is 3.38. The molecule has 1 aromatic carbocycles. The molecule has 0 aliphatic rings. The molecule has 3 N–H and O–H groups in total. The number of carbonyl (C=O) groups is 3. The molecule has 29 heavy (non-hydrogen) atoms. The highest BCUT2D eigenvalue weighted by atomic mass is 32.1. The number of imidazole rings is 1. The number of aromatic amines is 2. The zero-order valence-corrected chi connectivity index (χ0v) is 15.5. The number of hydrogen-bond acceptors (Lipinski definition) is 7. The lowest BCUT2D eigenvalue weighted by atomic mass is 10.1. The molecule has 10 heteroatoms. The van der Waals surface area contributed by atoms with Gasteiger partial charge in [0.15, 0.2) is 18.2 Å². The van der Waals surface area contributed by atoms with E-state index in [1.54, 1.807) is 18.2 Å². The fourth-order valence-electron chi connectivity index (χ4n) is 2.59. The van der Waals surface area contributed by atoms with Gasteiger partial charge in [-0.25, -0.2) is 9.59 Å². The van der Waals surface area contributed by atoms with E-state index in [4.69, 9.17) is 9.15 Å². The van der Waals surface area contributed by atoms with E-state index in [0.717, 1.165) is 11.3 Å². The molecule has 0 aliphatic heterocycles. The van der Waals surface area contributed by atoms with E-state index in [9.17, 15) is 19.2 Å². The number of rotatable bonds is 6. The van der Waals surface area contributed by atoms with Crippen LogP contribution < -0.4 is 11.0 Å². The zero-order valence-electron chi connectivity index (χ0n) is 14.7. The minimum absolute atomic E-state index is 0.147. The van der Waals surface area contributed by atoms with Crippen molar-refractivity contribution in [2.24, 2.45) is 0 Å². The first kappa shape index (κ1) is 18.4. The average Bonchev–Trinajstić information content (AvgIpc) is 3.44. The minimum Gasteiger partial charge on any atom is -0.459 e. The van der Waals surface area contributed by atoms with Gasteiger partial charge in [0.1, 0.15) is 4.88 Å². The summed E-state index contributed by atoms with van der Waals surface area (Å²) in [5.41, 5.74) is 0.996. The van der Waals surface area contributed by atoms with Gasteiger partial charge in [0.25, 0.3) is 5.91 Å². The van der Waals surface area contributed by atoms with Crippen LogP contribution in [0, 0.1) is 0 Å². The summed E-state index contributed by atoms with van der Waals surface area (Å²) in [6.07, 6.45) is 1.38. The molecule has 0 spiro atoms. The van der Waals surface area contributed by atoms with Crippen molar-refractivity contribution in [3.05, 3.63) is 75.4 Å². The van der Waals surface area contributed by atoms with Crippen molar-refractivity contribution in [2.75, 3.05) is 11.9 Å². The number of aromatic nitrogens is 2. The summed E-state index contributed by atoms with van der Waals surface area (Å²) in [5.74, 6) is -1.39. The molecule has 0 saturated heterocycles. The molecule has 3 heterocycles. The molecule has 0 atom stereocenters. The highest BCUT2D eigenvalue weighted by molar-refractivity contribution is 7.18. The Morgan fingerprint density at radius 2 is 1.90 bits per heavy atom. The number of hydrogen-bond donors (Lipinski definition) is 3. The molecule has 4 rings (SSSR count). The lowest BCUT2D eigenvalue weighted by molar-refractivity contribution is 0.0479. The van der Waals surface area contributed by atoms with Gasteiger partial charge in [0.05, 0.1) is 22.3 Å². The summed E-state index contributed by atoms with van der Waals surface area (Å²) in [6.45, 7) is -0.453. The van der Waals surface area contributed by atoms with Crippen LogP contribution in [0.15, 0.2) is 57.9 Å². The normalized spacial score (nSPS) is 10.8. The molecule has 9 nitrogen and oxygen atoms in total. The number of furan rings is 1. The second-order valence-electron chi connectivity index (χ2n) is 5.93. The van der Waals surface area contributed by atoms with Gasteiger partial charge in [-0.1, -0.05) is 0 Å². The van der Waals surface area contributed by atoms with Crippen molar-refractivity contribution in [1.29, 1.82) is 0 Å². The highest BCUT2D eigenvalue weighted by Crippen LogP contribution is 2.23. The van der Waals surface area contributed by atoms with Gasteiger partial charge < -0.3 is 24.4 Å². The molecule has 0 bridgehead atoms. The number of anilines is 1. The number of carbonyl (C=O) groups excluding carboxylic acids is 3. The molecule has 0 unspecified atom stereocenters. The number of thiophene rings is 1. The van der Waals surface area contributed by atoms with E-state index in [-0.39, 0.29) is 16.3 Å². The van der Waals surface area contributed by atoms with Crippen molar-refractivity contribution in [3.63, 3.8) is 0 Å². The van der Waals surface area contributed by atoms with Crippen molar-refractivity contribution >= 4 is 45.0 Å². The summed E-state index contributed by atoms with van der Waals surface area (Å²) in [4.78, 5) is 53.0. The van der Waals surface area contributed by atoms with Crippen LogP contribution in [0.5, 0.6) is 0 Å². The van der Waals surface area contributed by atoms with Crippen molar-refractivity contribution in [3.8, 4) is 0 Å². The van der Waals surface area contributed by atoms with Crippen molar-refractivity contribution in [1.82, 2.24) is 9.97 Å². The van der Waals surface area contributed by atoms with Crippen molar-refractivity contribution < 1.29 is 23.5 Å². The number of nitrogens with one attached hydrogen (secondary N) is 3. The Hall–Kier alpha value is -3.92. The summed E-state index contributed by atoms with van der Waals surface area (Å²) in [6, 6.07) is 10.8. The Morgan fingerprint density at radius 1 is 1.07 bits per heavy atom. The Balaban J connectivity index is 1.36. The highest BCUT2D eigenvalue weighted by Gasteiger charge is 2.16. The van der Waals surface area contributed by atoms with Crippen LogP contribution in [0.1, 0.15) is 30.6 Å². The molecule has 146 valence electrons. The summed E-state index contributed by atoms with van der Waals surface area (Å²) in [5, 5.41) is 3.05. The maximum absolute atomic E-state index is 12.3. The number of fused-ring (bicyclic) bond motifs is 1. The number of ketones is 1. The predicted molar refractivity (Wildman–Crippen MR) is 105 cm³/mol. The van der Waals surface area contributed by atoms with E-state index < -0.39 is 24.3 Å². The maximum Gasteiger partial charge on any atom is 0.348 e.